The van der Waals surface area contributed by atoms with E-state index in [9.17, 15) is 66.6 Å². The van der Waals surface area contributed by atoms with Crippen LogP contribution in [0.2, 0.25) is 0 Å². The van der Waals surface area contributed by atoms with Crippen LogP contribution in [0.25, 0.3) is 0 Å². The number of hydrogen-bond acceptors (Lipinski definition) is 18. The standard InChI is InChI=1S/C58H113NO23S4.5Na/c1-4-6-8-10-12-14-16-18-20-22-24-26-28-30-32-34-36-38-40-42-44-75-47-51(76-45-43-41-39-37-35-33-31-29-27-25-23-21-19-17-15-13-11-9-7-5-2)48-77-58(57(61)62)46-52(80-84(66,67)68)54(59-50(3)60)56(79-58)55(82-86(72,73)74)53(81-85(69,70)71)49-78-83(63,64)65;;;;;/h51-56H,4-49H2,1-3H3,(H,59,60)(H,61,62)(H,63,64,65)(H,66,67,68)(H,69,70,71)(H,72,73,74);;;;;/t51?,52-,53+,54+,55+,56+,58+;;;;;/m0...../s1. The summed E-state index contributed by atoms with van der Waals surface area (Å²) < 4.78 is 177. The first-order valence-corrected chi connectivity index (χ1v) is 37.9. The van der Waals surface area contributed by atoms with E-state index in [1.807, 2.05) is 0 Å². The maximum atomic E-state index is 13.4. The molecule has 0 aromatic carbocycles. The average Bonchev–Trinajstić information content (AvgIpc) is 1.59. The van der Waals surface area contributed by atoms with Crippen LogP contribution < -0.4 is 5.32 Å². The van der Waals surface area contributed by atoms with Crippen LogP contribution in [0.4, 0.5) is 0 Å². The van der Waals surface area contributed by atoms with Crippen LogP contribution in [-0.2, 0) is 86.9 Å². The minimum atomic E-state index is -5.93. The molecule has 1 unspecified atom stereocenters. The number of carboxylic acid groups (broad SMARTS) is 1. The Morgan fingerprint density at radius 2 is 0.813 bits per heavy atom. The van der Waals surface area contributed by atoms with Gasteiger partial charge in [-0.2, -0.15) is 33.7 Å². The van der Waals surface area contributed by atoms with Gasteiger partial charge in [0, 0.05) is 174 Å². The van der Waals surface area contributed by atoms with E-state index in [0.29, 0.717) is 19.4 Å². The molecule has 0 saturated carbocycles. The van der Waals surface area contributed by atoms with Gasteiger partial charge in [0.25, 0.3) is 5.79 Å². The molecule has 7 atom stereocenters. The average molecular weight is 1440 g/mol. The van der Waals surface area contributed by atoms with Crippen LogP contribution in [0.3, 0.4) is 0 Å². The molecular weight excluding hydrogens is 1320 g/mol. The van der Waals surface area contributed by atoms with Crippen LogP contribution in [0, 0.1) is 0 Å². The number of hydrogen-bond donors (Lipinski definition) is 6. The van der Waals surface area contributed by atoms with Gasteiger partial charge < -0.3 is 29.4 Å². The molecule has 33 heteroatoms. The van der Waals surface area contributed by atoms with Gasteiger partial charge in [0.1, 0.15) is 30.5 Å². The molecule has 1 amide bonds. The number of carbonyl (C=O) groups excluding carboxylic acids is 1. The molecule has 0 spiro atoms. The molecule has 6 N–H and O–H groups in total. The van der Waals surface area contributed by atoms with Crippen molar-refractivity contribution in [3.63, 3.8) is 0 Å². The van der Waals surface area contributed by atoms with Crippen LogP contribution in [0.1, 0.15) is 284 Å². The third-order valence-electron chi connectivity index (χ3n) is 15.3. The van der Waals surface area contributed by atoms with Gasteiger partial charge in [-0.25, -0.2) is 21.5 Å². The van der Waals surface area contributed by atoms with E-state index in [4.69, 9.17) is 23.1 Å². The van der Waals surface area contributed by atoms with Crippen molar-refractivity contribution in [2.45, 2.75) is 326 Å². The summed E-state index contributed by atoms with van der Waals surface area (Å²) in [5.41, 5.74) is 0. The Kier molecular flexibility index (Phi) is 71.2. The first kappa shape index (κ1) is 103. The molecule has 91 heavy (non-hydrogen) atoms. The molecule has 517 valence electrons. The summed E-state index contributed by atoms with van der Waals surface area (Å²) in [4.78, 5) is 25.9. The van der Waals surface area contributed by atoms with Crippen molar-refractivity contribution in [3.05, 3.63) is 0 Å². The molecule has 1 heterocycles. The second-order valence-corrected chi connectivity index (χ2v) is 27.4. The van der Waals surface area contributed by atoms with Gasteiger partial charge in [0.05, 0.1) is 25.9 Å². The summed E-state index contributed by atoms with van der Waals surface area (Å²) in [5.74, 6) is -6.46. The number of nitrogens with one attached hydrogen (secondary N) is 1. The minimum absolute atomic E-state index is 0. The Morgan fingerprint density at radius 3 is 1.12 bits per heavy atom. The van der Waals surface area contributed by atoms with Crippen LogP contribution >= 0.6 is 0 Å². The monoisotopic (exact) mass is 1430 g/mol. The maximum Gasteiger partial charge on any atom is 0.397 e. The Hall–Kier alpha value is 3.26. The smallest absolute Gasteiger partial charge is 0.397 e. The Balaban J connectivity index is -0.00000493. The third-order valence-corrected chi connectivity index (χ3v) is 17.2. The topological polar surface area (TPSA) is 358 Å². The summed E-state index contributed by atoms with van der Waals surface area (Å²) in [6.45, 7) is 3.05. The molecule has 0 aliphatic carbocycles. The van der Waals surface area contributed by atoms with E-state index in [-0.39, 0.29) is 161 Å². The van der Waals surface area contributed by atoms with Gasteiger partial charge in [-0.1, -0.05) is 258 Å². The van der Waals surface area contributed by atoms with Crippen molar-refractivity contribution in [3.8, 4) is 0 Å². The number of aliphatic carboxylic acids is 1. The summed E-state index contributed by atoms with van der Waals surface area (Å²) >= 11 is 0. The van der Waals surface area contributed by atoms with Crippen molar-refractivity contribution >= 4 is 201 Å². The quantitative estimate of drug-likeness (QED) is 0.0187. The summed E-state index contributed by atoms with van der Waals surface area (Å²) in [5, 5.41) is 12.9. The largest absolute Gasteiger partial charge is 0.477 e. The summed E-state index contributed by atoms with van der Waals surface area (Å²) in [6, 6.07) is -2.26. The van der Waals surface area contributed by atoms with E-state index in [0.717, 1.165) is 64.7 Å². The molecule has 1 saturated heterocycles. The zero-order valence-electron chi connectivity index (χ0n) is 57.2. The molecule has 1 aliphatic rings. The number of carboxylic acids is 1. The van der Waals surface area contributed by atoms with E-state index in [1.165, 1.54) is 186 Å². The fourth-order valence-electron chi connectivity index (χ4n) is 10.8. The van der Waals surface area contributed by atoms with Crippen molar-refractivity contribution in [2.75, 3.05) is 33.0 Å². The van der Waals surface area contributed by atoms with Crippen LogP contribution in [-0.4, -0.2) is 292 Å². The number of ether oxygens (including phenoxy) is 4. The molecule has 1 fully saturated rings. The van der Waals surface area contributed by atoms with E-state index < -0.39 is 115 Å². The predicted molar refractivity (Wildman–Crippen MR) is 356 cm³/mol. The molecule has 0 bridgehead atoms. The van der Waals surface area contributed by atoms with Crippen LogP contribution in [0.15, 0.2) is 0 Å². The first-order valence-electron chi connectivity index (χ1n) is 32.4. The van der Waals surface area contributed by atoms with Gasteiger partial charge >= 0.3 is 47.6 Å². The second-order valence-electron chi connectivity index (χ2n) is 23.2. The van der Waals surface area contributed by atoms with Gasteiger partial charge in [0.15, 0.2) is 0 Å². The Morgan fingerprint density at radius 1 is 0.473 bits per heavy atom. The van der Waals surface area contributed by atoms with Crippen LogP contribution in [0.5, 0.6) is 0 Å². The molecule has 1 rings (SSSR count). The molecule has 24 nitrogen and oxygen atoms in total. The summed E-state index contributed by atoms with van der Waals surface area (Å²) in [6.07, 6.45) is 35.0. The van der Waals surface area contributed by atoms with Crippen molar-refractivity contribution < 1.29 is 102 Å². The van der Waals surface area contributed by atoms with Gasteiger partial charge in [0.2, 0.25) is 5.91 Å². The zero-order chi connectivity index (χ0) is 64.0. The van der Waals surface area contributed by atoms with Gasteiger partial charge in [-0.3, -0.25) is 23.0 Å². The third kappa shape index (κ3) is 60.5. The van der Waals surface area contributed by atoms with Crippen molar-refractivity contribution in [1.82, 2.24) is 5.32 Å². The fraction of sp³-hybridized carbons (Fsp3) is 0.966. The summed E-state index contributed by atoms with van der Waals surface area (Å²) in [7, 11) is -23.0. The molecule has 5 radical (unpaired) electrons. The normalized spacial score (nSPS) is 17.9. The van der Waals surface area contributed by atoms with E-state index in [2.05, 4.69) is 31.7 Å². The number of unbranched alkanes of at least 4 members (excludes halogenated alkanes) is 38. The molecule has 0 aromatic heterocycles. The second kappa shape index (κ2) is 63.0. The maximum absolute atomic E-state index is 13.4. The SMILES string of the molecule is CCCCCCCCCCCCCCCCCCCCCCOCC(CO[C@]1(C(=O)O)C[C@H](OS(=O)(=O)O)[C@@H](NC(C)=O)[C@H]([C@H](OS(=O)(=O)O)[C@@H](COS(=O)(=O)O)OS(=O)(=O)O)O1)OCCCCCCCCCCCCCCCCCCCCCC.[Na].[Na].[Na].[Na].[Na]. The van der Waals surface area contributed by atoms with Crippen molar-refractivity contribution in [2.24, 2.45) is 0 Å². The molecular formula is C58H113NNa5O23S4. The first-order chi connectivity index (χ1) is 40.8. The predicted octanol–water partition coefficient (Wildman–Crippen LogP) is 10.6. The van der Waals surface area contributed by atoms with Gasteiger partial charge in [-0.05, 0) is 12.8 Å². The number of rotatable bonds is 61. The minimum Gasteiger partial charge on any atom is -0.477 e. The Bertz CT molecular complexity index is 2200. The van der Waals surface area contributed by atoms with E-state index in [1.54, 1.807) is 0 Å². The number of carbonyl (C=O) groups is 2. The fourth-order valence-corrected chi connectivity index (χ4v) is 12.6. The van der Waals surface area contributed by atoms with Gasteiger partial charge in [-0.15, -0.1) is 0 Å². The Labute approximate surface area is 660 Å². The van der Waals surface area contributed by atoms with E-state index >= 15 is 0 Å². The zero-order valence-corrected chi connectivity index (χ0v) is 70.5. The molecule has 1 aliphatic heterocycles. The van der Waals surface area contributed by atoms with Crippen molar-refractivity contribution in [1.29, 1.82) is 0 Å². The number of amides is 1. The molecule has 0 aromatic rings.